The number of benzene rings is 1. The molecule has 0 bridgehead atoms. The number of carbonyl (C=O) groups excluding carboxylic acids is 1. The molecule has 6 heteroatoms. The molecule has 0 aliphatic carbocycles. The number of Topliss-reactive ketones (excluding diaryl/α,β-unsaturated/α-hetero) is 1. The van der Waals surface area contributed by atoms with E-state index in [1.54, 1.807) is 12.1 Å². The van der Waals surface area contributed by atoms with Gasteiger partial charge in [-0.2, -0.15) is 0 Å². The lowest BCUT2D eigenvalue weighted by Crippen LogP contribution is -2.40. The molecule has 0 aliphatic heterocycles. The molecule has 0 spiro atoms. The van der Waals surface area contributed by atoms with Gasteiger partial charge in [-0.15, -0.1) is 23.2 Å². The molecule has 0 aliphatic rings. The first-order chi connectivity index (χ1) is 8.52. The molecule has 100 valence electrons. The van der Waals surface area contributed by atoms with E-state index in [0.717, 1.165) is 0 Å². The topological polar surface area (TPSA) is 66.8 Å². The molecule has 0 heterocycles. The summed E-state index contributed by atoms with van der Waals surface area (Å²) in [6.07, 6.45) is -2.15. The predicted octanol–water partition coefficient (Wildman–Crippen LogP) is 1.80. The number of phenolic OH excluding ortho intramolecular Hbond substituents is 1. The van der Waals surface area contributed by atoms with Gasteiger partial charge in [-0.3, -0.25) is 4.79 Å². The number of carbonyl (C=O) groups is 1. The summed E-state index contributed by atoms with van der Waals surface area (Å²) in [5.41, 5.74) is 0.0140. The van der Waals surface area contributed by atoms with Gasteiger partial charge in [-0.05, 0) is 12.1 Å². The maximum absolute atomic E-state index is 12.0. The van der Waals surface area contributed by atoms with Crippen molar-refractivity contribution in [1.82, 2.24) is 0 Å². The minimum absolute atomic E-state index is 0.0140. The zero-order chi connectivity index (χ0) is 13.7. The molecule has 1 aromatic rings. The number of hydrogen-bond donors (Lipinski definition) is 2. The monoisotopic (exact) mass is 292 g/mol. The summed E-state index contributed by atoms with van der Waals surface area (Å²) in [5, 5.41) is 18.4. The second-order valence-corrected chi connectivity index (χ2v) is 4.51. The van der Waals surface area contributed by atoms with Gasteiger partial charge in [0.2, 0.25) is 0 Å². The average Bonchev–Trinajstić information content (AvgIpc) is 2.39. The number of halogens is 2. The van der Waals surface area contributed by atoms with E-state index in [-0.39, 0.29) is 17.2 Å². The second kappa shape index (κ2) is 6.95. The molecule has 0 radical (unpaired) electrons. The molecule has 4 nitrogen and oxygen atoms in total. The Morgan fingerprint density at radius 2 is 2.06 bits per heavy atom. The number of phenols is 1. The summed E-state index contributed by atoms with van der Waals surface area (Å²) in [4.78, 5) is 12.0. The molecule has 0 aromatic heterocycles. The third kappa shape index (κ3) is 3.36. The molecule has 1 rings (SSSR count). The summed E-state index contributed by atoms with van der Waals surface area (Å²) < 4.78 is 4.96. The van der Waals surface area contributed by atoms with Gasteiger partial charge in [0.05, 0.1) is 22.9 Å². The van der Waals surface area contributed by atoms with Crippen molar-refractivity contribution in [2.24, 2.45) is 0 Å². The lowest BCUT2D eigenvalue weighted by Gasteiger charge is -2.22. The van der Waals surface area contributed by atoms with Crippen LogP contribution in [0, 0.1) is 0 Å². The zero-order valence-corrected chi connectivity index (χ0v) is 11.2. The number of aromatic hydroxyl groups is 1. The standard InChI is InChI=1S/C12H14Cl2O4/c1-18-9(6-13)10(14)12(17)11(16)7-4-2-3-5-8(7)15/h2-5,9-10,12,15,17H,6H2,1H3. The number of ether oxygens (including phenoxy) is 1. The van der Waals surface area contributed by atoms with E-state index in [1.165, 1.54) is 19.2 Å². The molecular weight excluding hydrogens is 279 g/mol. The van der Waals surface area contributed by atoms with Crippen LogP contribution in [-0.2, 0) is 4.74 Å². The number of alkyl halides is 2. The summed E-state index contributed by atoms with van der Waals surface area (Å²) in [6, 6.07) is 5.93. The predicted molar refractivity (Wildman–Crippen MR) is 69.6 cm³/mol. The SMILES string of the molecule is COC(CCl)C(Cl)C(O)C(=O)c1ccccc1O. The highest BCUT2D eigenvalue weighted by molar-refractivity contribution is 6.25. The largest absolute Gasteiger partial charge is 0.507 e. The first kappa shape index (κ1) is 15.2. The van der Waals surface area contributed by atoms with E-state index in [2.05, 4.69) is 0 Å². The van der Waals surface area contributed by atoms with Crippen molar-refractivity contribution >= 4 is 29.0 Å². The number of hydrogen-bond acceptors (Lipinski definition) is 4. The van der Waals surface area contributed by atoms with E-state index in [4.69, 9.17) is 27.9 Å². The van der Waals surface area contributed by atoms with Gasteiger partial charge < -0.3 is 14.9 Å². The van der Waals surface area contributed by atoms with Gasteiger partial charge in [0.15, 0.2) is 5.78 Å². The molecule has 18 heavy (non-hydrogen) atoms. The van der Waals surface area contributed by atoms with Gasteiger partial charge in [0.25, 0.3) is 0 Å². The summed E-state index contributed by atoms with van der Waals surface area (Å²) in [5.74, 6) is -0.819. The van der Waals surface area contributed by atoms with Crippen LogP contribution in [0.1, 0.15) is 10.4 Å². The van der Waals surface area contributed by atoms with Crippen LogP contribution >= 0.6 is 23.2 Å². The number of ketones is 1. The molecule has 2 N–H and O–H groups in total. The highest BCUT2D eigenvalue weighted by Gasteiger charge is 2.32. The number of methoxy groups -OCH3 is 1. The average molecular weight is 293 g/mol. The van der Waals surface area contributed by atoms with Crippen molar-refractivity contribution in [3.8, 4) is 5.75 Å². The lowest BCUT2D eigenvalue weighted by atomic mass is 10.0. The maximum Gasteiger partial charge on any atom is 0.196 e. The third-order valence-electron chi connectivity index (χ3n) is 2.55. The van der Waals surface area contributed by atoms with Gasteiger partial charge >= 0.3 is 0 Å². The fourth-order valence-electron chi connectivity index (χ4n) is 1.47. The van der Waals surface area contributed by atoms with E-state index in [1.807, 2.05) is 0 Å². The Morgan fingerprint density at radius 3 is 2.56 bits per heavy atom. The van der Waals surface area contributed by atoms with E-state index in [9.17, 15) is 15.0 Å². The summed E-state index contributed by atoms with van der Waals surface area (Å²) >= 11 is 11.5. The van der Waals surface area contributed by atoms with Crippen molar-refractivity contribution in [3.63, 3.8) is 0 Å². The molecule has 1 aromatic carbocycles. The summed E-state index contributed by atoms with van der Waals surface area (Å²) in [6.45, 7) is 0. The fourth-order valence-corrected chi connectivity index (χ4v) is 2.18. The Hall–Kier alpha value is -0.810. The van der Waals surface area contributed by atoms with Crippen LogP contribution in [0.4, 0.5) is 0 Å². The highest BCUT2D eigenvalue weighted by Crippen LogP contribution is 2.22. The van der Waals surface area contributed by atoms with Crippen molar-refractivity contribution in [2.45, 2.75) is 17.6 Å². The van der Waals surface area contributed by atoms with Crippen molar-refractivity contribution in [2.75, 3.05) is 13.0 Å². The maximum atomic E-state index is 12.0. The normalized spacial score (nSPS) is 16.0. The fraction of sp³-hybridized carbons (Fsp3) is 0.417. The number of para-hydroxylation sites is 1. The van der Waals surface area contributed by atoms with E-state index >= 15 is 0 Å². The van der Waals surface area contributed by atoms with Crippen molar-refractivity contribution in [3.05, 3.63) is 29.8 Å². The second-order valence-electron chi connectivity index (χ2n) is 3.70. The van der Waals surface area contributed by atoms with Gasteiger partial charge in [0, 0.05) is 7.11 Å². The molecule has 0 amide bonds. The quantitative estimate of drug-likeness (QED) is 0.620. The Kier molecular flexibility index (Phi) is 5.88. The Labute approximate surface area is 115 Å². The van der Waals surface area contributed by atoms with Crippen LogP contribution in [0.25, 0.3) is 0 Å². The molecular formula is C12H14Cl2O4. The summed E-state index contributed by atoms with van der Waals surface area (Å²) in [7, 11) is 1.39. The van der Waals surface area contributed by atoms with Crippen molar-refractivity contribution in [1.29, 1.82) is 0 Å². The third-order valence-corrected chi connectivity index (χ3v) is 3.37. The number of aliphatic hydroxyl groups is 1. The van der Waals surface area contributed by atoms with E-state index < -0.39 is 23.4 Å². The van der Waals surface area contributed by atoms with Crippen LogP contribution in [0.2, 0.25) is 0 Å². The smallest absolute Gasteiger partial charge is 0.196 e. The molecule has 0 saturated heterocycles. The first-order valence-corrected chi connectivity index (χ1v) is 6.23. The van der Waals surface area contributed by atoms with Crippen LogP contribution in [0.15, 0.2) is 24.3 Å². The van der Waals surface area contributed by atoms with Gasteiger partial charge in [0.1, 0.15) is 11.9 Å². The highest BCUT2D eigenvalue weighted by atomic mass is 35.5. The minimum Gasteiger partial charge on any atom is -0.507 e. The van der Waals surface area contributed by atoms with E-state index in [0.29, 0.717) is 0 Å². The molecule has 0 saturated carbocycles. The van der Waals surface area contributed by atoms with Crippen LogP contribution in [-0.4, -0.2) is 46.6 Å². The molecule has 0 fully saturated rings. The Bertz CT molecular complexity index is 407. The first-order valence-electron chi connectivity index (χ1n) is 5.26. The molecule has 3 unspecified atom stereocenters. The van der Waals surface area contributed by atoms with Crippen molar-refractivity contribution < 1.29 is 19.7 Å². The Balaban J connectivity index is 2.87. The van der Waals surface area contributed by atoms with Crippen LogP contribution < -0.4 is 0 Å². The van der Waals surface area contributed by atoms with Gasteiger partial charge in [-0.25, -0.2) is 0 Å². The van der Waals surface area contributed by atoms with Gasteiger partial charge in [-0.1, -0.05) is 12.1 Å². The number of rotatable bonds is 6. The molecule has 3 atom stereocenters. The van der Waals surface area contributed by atoms with Crippen LogP contribution in [0.3, 0.4) is 0 Å². The minimum atomic E-state index is -1.50. The zero-order valence-electron chi connectivity index (χ0n) is 9.72. The number of aliphatic hydroxyl groups excluding tert-OH is 1. The lowest BCUT2D eigenvalue weighted by molar-refractivity contribution is 0.0494. The Morgan fingerprint density at radius 1 is 1.44 bits per heavy atom. The van der Waals surface area contributed by atoms with Crippen LogP contribution in [0.5, 0.6) is 5.75 Å².